The van der Waals surface area contributed by atoms with E-state index in [4.69, 9.17) is 14.9 Å². The smallest absolute Gasteiger partial charge is 0.315 e. The monoisotopic (exact) mass is 212 g/mol. The molecule has 3 N–H and O–H groups in total. The normalized spacial score (nSPS) is 23.7. The van der Waals surface area contributed by atoms with Gasteiger partial charge in [0.15, 0.2) is 0 Å². The number of nitrogens with two attached hydrogens (primary N) is 1. The Labute approximate surface area is 88.2 Å². The van der Waals surface area contributed by atoms with E-state index in [0.717, 1.165) is 19.4 Å². The number of anilines is 1. The van der Waals surface area contributed by atoms with Crippen molar-refractivity contribution in [1.82, 2.24) is 10.2 Å². The van der Waals surface area contributed by atoms with Crippen LogP contribution >= 0.6 is 0 Å². The molecule has 2 heterocycles. The predicted molar refractivity (Wildman–Crippen MR) is 54.4 cm³/mol. The molecule has 2 unspecified atom stereocenters. The molecular weight excluding hydrogens is 196 g/mol. The van der Waals surface area contributed by atoms with Gasteiger partial charge in [-0.05, 0) is 19.8 Å². The summed E-state index contributed by atoms with van der Waals surface area (Å²) in [4.78, 5) is 0. The molecule has 1 aromatic rings. The van der Waals surface area contributed by atoms with E-state index in [0.29, 0.717) is 18.5 Å². The highest BCUT2D eigenvalue weighted by molar-refractivity contribution is 5.20. The first-order valence-corrected chi connectivity index (χ1v) is 5.19. The fourth-order valence-corrected chi connectivity index (χ4v) is 1.51. The molecule has 0 radical (unpaired) electrons. The van der Waals surface area contributed by atoms with Crippen LogP contribution in [0, 0.1) is 0 Å². The third-order valence-electron chi connectivity index (χ3n) is 2.32. The summed E-state index contributed by atoms with van der Waals surface area (Å²) in [6, 6.07) is 0.466. The molecule has 1 aliphatic rings. The average Bonchev–Trinajstić information content (AvgIpc) is 2.68. The fourth-order valence-electron chi connectivity index (χ4n) is 1.51. The van der Waals surface area contributed by atoms with Gasteiger partial charge in [-0.2, -0.15) is 0 Å². The van der Waals surface area contributed by atoms with Crippen LogP contribution in [-0.2, 0) is 4.74 Å². The van der Waals surface area contributed by atoms with Gasteiger partial charge in [0.05, 0.1) is 18.7 Å². The molecule has 0 aliphatic carbocycles. The second-order valence-corrected chi connectivity index (χ2v) is 3.79. The maximum Gasteiger partial charge on any atom is 0.315 e. The molecule has 6 nitrogen and oxygen atoms in total. The highest BCUT2D eigenvalue weighted by atomic mass is 16.5. The average molecular weight is 212 g/mol. The third kappa shape index (κ3) is 2.66. The Balaban J connectivity index is 1.91. The Morgan fingerprint density at radius 3 is 3.00 bits per heavy atom. The molecule has 1 aliphatic heterocycles. The van der Waals surface area contributed by atoms with E-state index in [9.17, 15) is 0 Å². The van der Waals surface area contributed by atoms with Gasteiger partial charge in [-0.25, -0.2) is 0 Å². The van der Waals surface area contributed by atoms with E-state index in [2.05, 4.69) is 15.5 Å². The van der Waals surface area contributed by atoms with Crippen LogP contribution in [0.3, 0.4) is 0 Å². The number of nitrogens with zero attached hydrogens (tertiary/aromatic N) is 2. The fraction of sp³-hybridized carbons (Fsp3) is 0.778. The molecule has 1 fully saturated rings. The van der Waals surface area contributed by atoms with Crippen LogP contribution in [0.25, 0.3) is 0 Å². The summed E-state index contributed by atoms with van der Waals surface area (Å²) in [5.41, 5.74) is 5.61. The molecule has 0 spiro atoms. The maximum absolute atomic E-state index is 5.61. The lowest BCUT2D eigenvalue weighted by atomic mass is 10.1. The summed E-state index contributed by atoms with van der Waals surface area (Å²) in [6.07, 6.45) is 2.13. The van der Waals surface area contributed by atoms with Crippen molar-refractivity contribution in [3.63, 3.8) is 0 Å². The molecule has 6 heteroatoms. The van der Waals surface area contributed by atoms with Gasteiger partial charge in [-0.3, -0.25) is 0 Å². The third-order valence-corrected chi connectivity index (χ3v) is 2.32. The van der Waals surface area contributed by atoms with Crippen molar-refractivity contribution in [2.45, 2.75) is 31.8 Å². The van der Waals surface area contributed by atoms with Gasteiger partial charge in [-0.1, -0.05) is 5.10 Å². The molecule has 0 aromatic carbocycles. The maximum atomic E-state index is 5.61. The minimum Gasteiger partial charge on any atom is -0.406 e. The van der Waals surface area contributed by atoms with Crippen LogP contribution in [0.1, 0.15) is 31.7 Å². The van der Waals surface area contributed by atoms with Crippen LogP contribution < -0.4 is 11.1 Å². The van der Waals surface area contributed by atoms with Crippen molar-refractivity contribution in [2.24, 2.45) is 5.73 Å². The van der Waals surface area contributed by atoms with Crippen LogP contribution in [0.15, 0.2) is 4.42 Å². The van der Waals surface area contributed by atoms with E-state index >= 15 is 0 Å². The van der Waals surface area contributed by atoms with Crippen molar-refractivity contribution in [3.8, 4) is 0 Å². The zero-order chi connectivity index (χ0) is 10.7. The van der Waals surface area contributed by atoms with Crippen molar-refractivity contribution in [3.05, 3.63) is 5.89 Å². The van der Waals surface area contributed by atoms with E-state index in [1.54, 1.807) is 6.92 Å². The minimum atomic E-state index is -0.226. The van der Waals surface area contributed by atoms with Gasteiger partial charge in [0, 0.05) is 6.61 Å². The van der Waals surface area contributed by atoms with E-state index in [1.807, 2.05) is 0 Å². The molecular formula is C9H16N4O2. The van der Waals surface area contributed by atoms with Crippen molar-refractivity contribution in [1.29, 1.82) is 0 Å². The molecule has 1 saturated heterocycles. The molecule has 2 atom stereocenters. The van der Waals surface area contributed by atoms with Crippen LogP contribution in [-0.4, -0.2) is 29.5 Å². The topological polar surface area (TPSA) is 86.2 Å². The number of hydrogen-bond acceptors (Lipinski definition) is 6. The summed E-state index contributed by atoms with van der Waals surface area (Å²) in [5.74, 6) is 0.453. The lowest BCUT2D eigenvalue weighted by Crippen LogP contribution is -2.30. The predicted octanol–water partition coefficient (Wildman–Crippen LogP) is 0.680. The SMILES string of the molecule is CC(N)c1nnc(NC2CCCOC2)o1. The lowest BCUT2D eigenvalue weighted by Gasteiger charge is -2.21. The van der Waals surface area contributed by atoms with Gasteiger partial charge in [0.2, 0.25) is 5.89 Å². The summed E-state index contributed by atoms with van der Waals surface area (Å²) < 4.78 is 10.7. The summed E-state index contributed by atoms with van der Waals surface area (Å²) in [6.45, 7) is 3.34. The van der Waals surface area contributed by atoms with Crippen LogP contribution in [0.4, 0.5) is 6.01 Å². The Hall–Kier alpha value is -1.14. The lowest BCUT2D eigenvalue weighted by molar-refractivity contribution is 0.0868. The Morgan fingerprint density at radius 2 is 2.40 bits per heavy atom. The quantitative estimate of drug-likeness (QED) is 0.766. The van der Waals surface area contributed by atoms with Crippen molar-refractivity contribution in [2.75, 3.05) is 18.5 Å². The van der Waals surface area contributed by atoms with Crippen LogP contribution in [0.2, 0.25) is 0 Å². The number of rotatable bonds is 3. The van der Waals surface area contributed by atoms with Gasteiger partial charge >= 0.3 is 6.01 Å². The Morgan fingerprint density at radius 1 is 1.53 bits per heavy atom. The first kappa shape index (κ1) is 10.4. The second kappa shape index (κ2) is 4.59. The zero-order valence-electron chi connectivity index (χ0n) is 8.77. The van der Waals surface area contributed by atoms with E-state index in [-0.39, 0.29) is 12.1 Å². The molecule has 0 amide bonds. The highest BCUT2D eigenvalue weighted by Crippen LogP contribution is 2.15. The Bertz CT molecular complexity index is 307. The molecule has 0 saturated carbocycles. The summed E-state index contributed by atoms with van der Waals surface area (Å²) in [5, 5.41) is 10.8. The molecule has 0 bridgehead atoms. The number of hydrogen-bond donors (Lipinski definition) is 2. The van der Waals surface area contributed by atoms with Gasteiger partial charge in [0.25, 0.3) is 0 Å². The van der Waals surface area contributed by atoms with E-state index in [1.165, 1.54) is 0 Å². The van der Waals surface area contributed by atoms with Gasteiger partial charge in [-0.15, -0.1) is 5.10 Å². The first-order chi connectivity index (χ1) is 7.25. The molecule has 84 valence electrons. The molecule has 15 heavy (non-hydrogen) atoms. The first-order valence-electron chi connectivity index (χ1n) is 5.19. The number of ether oxygens (including phenoxy) is 1. The largest absolute Gasteiger partial charge is 0.406 e. The van der Waals surface area contributed by atoms with E-state index < -0.39 is 0 Å². The minimum absolute atomic E-state index is 0.226. The highest BCUT2D eigenvalue weighted by Gasteiger charge is 2.17. The number of nitrogens with one attached hydrogen (secondary N) is 1. The standard InChI is InChI=1S/C9H16N4O2/c1-6(10)8-12-13-9(15-8)11-7-3-2-4-14-5-7/h6-7H,2-5,10H2,1H3,(H,11,13). The number of aromatic nitrogens is 2. The van der Waals surface area contributed by atoms with Crippen molar-refractivity contribution < 1.29 is 9.15 Å². The summed E-state index contributed by atoms with van der Waals surface area (Å²) in [7, 11) is 0. The summed E-state index contributed by atoms with van der Waals surface area (Å²) >= 11 is 0. The van der Waals surface area contributed by atoms with Gasteiger partial charge in [0.1, 0.15) is 0 Å². The van der Waals surface area contributed by atoms with Crippen molar-refractivity contribution >= 4 is 6.01 Å². The Kier molecular flexibility index (Phi) is 3.17. The second-order valence-electron chi connectivity index (χ2n) is 3.79. The molecule has 2 rings (SSSR count). The van der Waals surface area contributed by atoms with Gasteiger partial charge < -0.3 is 20.2 Å². The molecule has 1 aromatic heterocycles. The van der Waals surface area contributed by atoms with Crippen LogP contribution in [0.5, 0.6) is 0 Å². The zero-order valence-corrected chi connectivity index (χ0v) is 8.77.